The van der Waals surface area contributed by atoms with Gasteiger partial charge in [-0.25, -0.2) is 9.07 Å². The number of nitrogens with one attached hydrogen (secondary N) is 1. The van der Waals surface area contributed by atoms with Crippen molar-refractivity contribution >= 4 is 17.3 Å². The summed E-state index contributed by atoms with van der Waals surface area (Å²) in [4.78, 5) is 12.0. The summed E-state index contributed by atoms with van der Waals surface area (Å²) in [5.74, 6) is -0.437. The minimum atomic E-state index is -0.437. The number of nitrogens with zero attached hydrogens (tertiary/aromatic N) is 2. The van der Waals surface area contributed by atoms with Gasteiger partial charge in [-0.05, 0) is 31.4 Å². The molecule has 1 aliphatic rings. The highest BCUT2D eigenvalue weighted by Gasteiger charge is 2.17. The van der Waals surface area contributed by atoms with E-state index in [1.54, 1.807) is 12.3 Å². The zero-order valence-corrected chi connectivity index (χ0v) is 12.1. The number of rotatable bonds is 4. The van der Waals surface area contributed by atoms with E-state index in [1.807, 2.05) is 0 Å². The first-order valence-corrected chi connectivity index (χ1v) is 7.28. The molecule has 1 aromatic carbocycles. The van der Waals surface area contributed by atoms with E-state index in [0.29, 0.717) is 16.8 Å². The Bertz CT molecular complexity index is 692. The number of benzene rings is 1. The number of hydrogen-bond acceptors (Lipinski definition) is 3. The summed E-state index contributed by atoms with van der Waals surface area (Å²) in [6.45, 7) is 0.0219. The van der Waals surface area contributed by atoms with Crippen LogP contribution < -0.4 is 10.9 Å². The van der Waals surface area contributed by atoms with Crippen LogP contribution in [0.2, 0.25) is 5.02 Å². The fourth-order valence-electron chi connectivity index (χ4n) is 2.25. The maximum absolute atomic E-state index is 13.7. The van der Waals surface area contributed by atoms with Crippen LogP contribution in [0, 0.1) is 5.82 Å². The minimum absolute atomic E-state index is 0.0219. The fraction of sp³-hybridized carbons (Fsp3) is 0.333. The number of anilines is 1. The molecular formula is C15H15ClFN3O. The summed E-state index contributed by atoms with van der Waals surface area (Å²) in [6.07, 6.45) is 5.05. The Morgan fingerprint density at radius 2 is 2.24 bits per heavy atom. The highest BCUT2D eigenvalue weighted by Crippen LogP contribution is 2.22. The lowest BCUT2D eigenvalue weighted by Crippen LogP contribution is -2.29. The molecule has 6 heteroatoms. The normalized spacial score (nSPS) is 14.8. The third kappa shape index (κ3) is 3.08. The van der Waals surface area contributed by atoms with Crippen molar-refractivity contribution in [1.82, 2.24) is 9.78 Å². The van der Waals surface area contributed by atoms with Crippen LogP contribution in [0.3, 0.4) is 0 Å². The van der Waals surface area contributed by atoms with Gasteiger partial charge in [-0.1, -0.05) is 17.7 Å². The van der Waals surface area contributed by atoms with Gasteiger partial charge in [-0.2, -0.15) is 5.10 Å². The van der Waals surface area contributed by atoms with Crippen LogP contribution in [-0.2, 0) is 6.54 Å². The minimum Gasteiger partial charge on any atom is -0.381 e. The van der Waals surface area contributed by atoms with Gasteiger partial charge >= 0.3 is 0 Å². The second-order valence-corrected chi connectivity index (χ2v) is 5.62. The van der Waals surface area contributed by atoms with Crippen molar-refractivity contribution < 1.29 is 4.39 Å². The maximum Gasteiger partial charge on any atom is 0.269 e. The molecule has 0 atom stereocenters. The van der Waals surface area contributed by atoms with Crippen molar-refractivity contribution in [1.29, 1.82) is 0 Å². The molecule has 1 aliphatic carbocycles. The van der Waals surface area contributed by atoms with Crippen LogP contribution in [0.1, 0.15) is 24.8 Å². The predicted octanol–water partition coefficient (Wildman–Crippen LogP) is 3.05. The summed E-state index contributed by atoms with van der Waals surface area (Å²) in [5, 5.41) is 7.63. The third-order valence-electron chi connectivity index (χ3n) is 3.72. The first kappa shape index (κ1) is 14.1. The van der Waals surface area contributed by atoms with Crippen molar-refractivity contribution in [2.24, 2.45) is 0 Å². The molecule has 0 aliphatic heterocycles. The van der Waals surface area contributed by atoms with Crippen LogP contribution in [0.25, 0.3) is 0 Å². The second-order valence-electron chi connectivity index (χ2n) is 5.21. The lowest BCUT2D eigenvalue weighted by molar-refractivity contribution is 0.445. The van der Waals surface area contributed by atoms with Gasteiger partial charge in [0, 0.05) is 22.7 Å². The van der Waals surface area contributed by atoms with Crippen LogP contribution >= 0.6 is 11.6 Å². The molecule has 0 unspecified atom stereocenters. The smallest absolute Gasteiger partial charge is 0.269 e. The average Bonchev–Trinajstić information content (AvgIpc) is 2.40. The van der Waals surface area contributed by atoms with E-state index >= 15 is 0 Å². The molecular weight excluding hydrogens is 293 g/mol. The topological polar surface area (TPSA) is 46.9 Å². The van der Waals surface area contributed by atoms with E-state index in [9.17, 15) is 9.18 Å². The molecule has 1 heterocycles. The molecule has 1 fully saturated rings. The number of hydrogen-bond donors (Lipinski definition) is 1. The molecule has 3 rings (SSSR count). The van der Waals surface area contributed by atoms with Crippen molar-refractivity contribution in [3.63, 3.8) is 0 Å². The van der Waals surface area contributed by atoms with Gasteiger partial charge in [0.15, 0.2) is 0 Å². The molecule has 1 aromatic heterocycles. The predicted molar refractivity (Wildman–Crippen MR) is 80.3 cm³/mol. The molecule has 0 bridgehead atoms. The van der Waals surface area contributed by atoms with E-state index in [0.717, 1.165) is 12.8 Å². The van der Waals surface area contributed by atoms with Crippen molar-refractivity contribution in [3.05, 3.63) is 57.2 Å². The van der Waals surface area contributed by atoms with Crippen molar-refractivity contribution in [2.45, 2.75) is 31.8 Å². The first-order chi connectivity index (χ1) is 10.1. The number of aromatic nitrogens is 2. The average molecular weight is 308 g/mol. The lowest BCUT2D eigenvalue weighted by atomic mass is 9.93. The summed E-state index contributed by atoms with van der Waals surface area (Å²) < 4.78 is 14.9. The zero-order valence-electron chi connectivity index (χ0n) is 11.4. The van der Waals surface area contributed by atoms with Crippen molar-refractivity contribution in [2.75, 3.05) is 5.32 Å². The Morgan fingerprint density at radius 1 is 1.43 bits per heavy atom. The Labute approximate surface area is 126 Å². The highest BCUT2D eigenvalue weighted by atomic mass is 35.5. The monoisotopic (exact) mass is 307 g/mol. The summed E-state index contributed by atoms with van der Waals surface area (Å²) in [7, 11) is 0. The van der Waals surface area contributed by atoms with Crippen LogP contribution in [-0.4, -0.2) is 15.8 Å². The SMILES string of the molecule is O=c1cc(NC2CCC2)cnn1Cc1c(F)cccc1Cl. The molecule has 0 amide bonds. The molecule has 110 valence electrons. The molecule has 4 nitrogen and oxygen atoms in total. The van der Waals surface area contributed by atoms with Crippen LogP contribution in [0.5, 0.6) is 0 Å². The van der Waals surface area contributed by atoms with E-state index < -0.39 is 5.82 Å². The van der Waals surface area contributed by atoms with E-state index in [2.05, 4.69) is 10.4 Å². The summed E-state index contributed by atoms with van der Waals surface area (Å²) >= 11 is 5.96. The van der Waals surface area contributed by atoms with E-state index in [4.69, 9.17) is 11.6 Å². The van der Waals surface area contributed by atoms with E-state index in [-0.39, 0.29) is 17.7 Å². The number of halogens is 2. The molecule has 0 spiro atoms. The molecule has 21 heavy (non-hydrogen) atoms. The zero-order chi connectivity index (χ0) is 14.8. The molecule has 0 radical (unpaired) electrons. The molecule has 0 saturated heterocycles. The Balaban J connectivity index is 1.81. The van der Waals surface area contributed by atoms with Gasteiger partial charge in [0.25, 0.3) is 5.56 Å². The Hall–Kier alpha value is -1.88. The quantitative estimate of drug-likeness (QED) is 0.944. The molecule has 2 aromatic rings. The van der Waals surface area contributed by atoms with Gasteiger partial charge in [-0.15, -0.1) is 0 Å². The first-order valence-electron chi connectivity index (χ1n) is 6.90. The Morgan fingerprint density at radius 3 is 2.86 bits per heavy atom. The lowest BCUT2D eigenvalue weighted by Gasteiger charge is -2.27. The highest BCUT2D eigenvalue weighted by molar-refractivity contribution is 6.31. The largest absolute Gasteiger partial charge is 0.381 e. The van der Waals surface area contributed by atoms with Gasteiger partial charge in [0.05, 0.1) is 18.4 Å². The van der Waals surface area contributed by atoms with Gasteiger partial charge in [0.2, 0.25) is 0 Å². The van der Waals surface area contributed by atoms with E-state index in [1.165, 1.54) is 29.3 Å². The van der Waals surface area contributed by atoms with Gasteiger partial charge in [-0.3, -0.25) is 4.79 Å². The van der Waals surface area contributed by atoms with Gasteiger partial charge < -0.3 is 5.32 Å². The second kappa shape index (κ2) is 5.85. The summed E-state index contributed by atoms with van der Waals surface area (Å²) in [6, 6.07) is 6.36. The van der Waals surface area contributed by atoms with Crippen LogP contribution in [0.4, 0.5) is 10.1 Å². The fourth-order valence-corrected chi connectivity index (χ4v) is 2.48. The van der Waals surface area contributed by atoms with Crippen molar-refractivity contribution in [3.8, 4) is 0 Å². The van der Waals surface area contributed by atoms with Gasteiger partial charge in [0.1, 0.15) is 5.82 Å². The third-order valence-corrected chi connectivity index (χ3v) is 4.07. The summed E-state index contributed by atoms with van der Waals surface area (Å²) in [5.41, 5.74) is 0.702. The Kier molecular flexibility index (Phi) is 3.92. The van der Waals surface area contributed by atoms with Crippen LogP contribution in [0.15, 0.2) is 35.3 Å². The standard InChI is InChI=1S/C15H15ClFN3O/c16-13-5-2-6-14(17)12(13)9-20-15(21)7-11(8-18-20)19-10-3-1-4-10/h2,5-8,10,19H,1,3-4,9H2. The molecule has 1 saturated carbocycles. The maximum atomic E-state index is 13.7. The molecule has 1 N–H and O–H groups in total.